The summed E-state index contributed by atoms with van der Waals surface area (Å²) in [6.45, 7) is 37.9. The molecular formula is C49H89N3O4. The maximum absolute atomic E-state index is 7.01. The molecule has 10 unspecified atom stereocenters. The Balaban J connectivity index is 1.30. The van der Waals surface area contributed by atoms with Crippen LogP contribution < -0.4 is 5.73 Å². The Labute approximate surface area is 345 Å². The van der Waals surface area contributed by atoms with Crippen LogP contribution in [0.4, 0.5) is 0 Å². The molecular weight excluding hydrogens is 695 g/mol. The lowest BCUT2D eigenvalue weighted by atomic mass is 9.58. The molecule has 0 aliphatic heterocycles. The summed E-state index contributed by atoms with van der Waals surface area (Å²) >= 11 is 0. The molecule has 10 atom stereocenters. The van der Waals surface area contributed by atoms with Crippen molar-refractivity contribution in [2.75, 3.05) is 0 Å². The van der Waals surface area contributed by atoms with Crippen LogP contribution >= 0.6 is 0 Å². The van der Waals surface area contributed by atoms with Gasteiger partial charge in [-0.25, -0.2) is 4.99 Å². The fraction of sp³-hybridized carbons (Fsp3) is 0.939. The van der Waals surface area contributed by atoms with Gasteiger partial charge in [0.05, 0.1) is 58.9 Å². The number of nitrogens with zero attached hydrogens (tertiary/aromatic N) is 2. The molecule has 4 aliphatic carbocycles. The summed E-state index contributed by atoms with van der Waals surface area (Å²) in [6.07, 6.45) is 19.3. The van der Waals surface area contributed by atoms with Crippen molar-refractivity contribution in [2.24, 2.45) is 44.3 Å². The topological polar surface area (TPSA) is 87.7 Å². The maximum atomic E-state index is 7.01. The highest BCUT2D eigenvalue weighted by molar-refractivity contribution is 5.47. The summed E-state index contributed by atoms with van der Waals surface area (Å²) in [5.74, 6) is 4.65. The van der Waals surface area contributed by atoms with Gasteiger partial charge in [0.15, 0.2) is 0 Å². The minimum absolute atomic E-state index is 0.0239. The van der Waals surface area contributed by atoms with Crippen LogP contribution in [0, 0.1) is 28.6 Å². The fourth-order valence-electron chi connectivity index (χ4n) is 12.5. The lowest BCUT2D eigenvalue weighted by Crippen LogP contribution is -2.51. The molecule has 0 saturated heterocycles. The molecule has 324 valence electrons. The molecule has 2 N–H and O–H groups in total. The average molecular weight is 784 g/mol. The van der Waals surface area contributed by atoms with Crippen LogP contribution in [0.2, 0.25) is 0 Å². The van der Waals surface area contributed by atoms with Crippen molar-refractivity contribution in [3.8, 4) is 0 Å². The van der Waals surface area contributed by atoms with E-state index in [1.54, 1.807) is 0 Å². The molecule has 0 aromatic heterocycles. The van der Waals surface area contributed by atoms with Crippen LogP contribution in [-0.2, 0) is 18.9 Å². The maximum Gasteiger partial charge on any atom is 0.0858 e. The monoisotopic (exact) mass is 784 g/mol. The third-order valence-electron chi connectivity index (χ3n) is 14.5. The molecule has 0 radical (unpaired) electrons. The number of aliphatic imine (C=N–C) groups is 2. The van der Waals surface area contributed by atoms with E-state index in [1.165, 1.54) is 38.5 Å². The van der Waals surface area contributed by atoms with E-state index in [9.17, 15) is 0 Å². The molecule has 56 heavy (non-hydrogen) atoms. The van der Waals surface area contributed by atoms with E-state index >= 15 is 0 Å². The van der Waals surface area contributed by atoms with Crippen LogP contribution in [0.15, 0.2) is 16.6 Å². The van der Waals surface area contributed by atoms with Gasteiger partial charge in [0, 0.05) is 18.9 Å². The standard InChI is InChI=1S/C49H89N3O4/c1-16-52-39-30-36(26-28-43(39)56-49(13,14)32-46(7,8)53-40-23-19-17-21-34(40)2)45(5,6)31-44(3,4)35-25-27-41(37(50)29-35)54-47(9,10)33-48(11,12)55-42-24-20-18-22-38(42)51-15/h34-43H,1,15,17-33,50H2,2-14H3. The van der Waals surface area contributed by atoms with Crippen LogP contribution in [0.3, 0.4) is 0 Å². The molecule has 4 fully saturated rings. The van der Waals surface area contributed by atoms with Crippen molar-refractivity contribution in [1.29, 1.82) is 0 Å². The second kappa shape index (κ2) is 19.1. The predicted molar refractivity (Wildman–Crippen MR) is 236 cm³/mol. The van der Waals surface area contributed by atoms with Gasteiger partial charge >= 0.3 is 0 Å². The Bertz CT molecular complexity index is 1300. The summed E-state index contributed by atoms with van der Waals surface area (Å²) < 4.78 is 27.4. The third kappa shape index (κ3) is 13.7. The Kier molecular flexibility index (Phi) is 16.2. The first-order valence-electron chi connectivity index (χ1n) is 23.0. The Morgan fingerprint density at radius 3 is 1.46 bits per heavy atom. The van der Waals surface area contributed by atoms with Gasteiger partial charge in [-0.05, 0) is 174 Å². The van der Waals surface area contributed by atoms with E-state index in [4.69, 9.17) is 29.7 Å². The van der Waals surface area contributed by atoms with Gasteiger partial charge in [-0.1, -0.05) is 60.3 Å². The Morgan fingerprint density at radius 1 is 0.536 bits per heavy atom. The summed E-state index contributed by atoms with van der Waals surface area (Å²) in [7, 11) is 0. The molecule has 0 amide bonds. The summed E-state index contributed by atoms with van der Waals surface area (Å²) in [5.41, 5.74) is 6.08. The van der Waals surface area contributed by atoms with Crippen molar-refractivity contribution in [2.45, 2.75) is 264 Å². The van der Waals surface area contributed by atoms with Gasteiger partial charge in [-0.15, -0.1) is 0 Å². The second-order valence-electron chi connectivity index (χ2n) is 23.0. The van der Waals surface area contributed by atoms with Gasteiger partial charge in [-0.2, -0.15) is 0 Å². The molecule has 0 spiro atoms. The van der Waals surface area contributed by atoms with Gasteiger partial charge in [0.1, 0.15) is 0 Å². The van der Waals surface area contributed by atoms with Gasteiger partial charge < -0.3 is 24.7 Å². The van der Waals surface area contributed by atoms with Crippen molar-refractivity contribution >= 4 is 12.6 Å². The van der Waals surface area contributed by atoms with E-state index in [-0.39, 0.29) is 69.7 Å². The number of rotatable bonds is 18. The lowest BCUT2D eigenvalue weighted by Gasteiger charge is -2.50. The normalized spacial score (nSPS) is 33.1. The van der Waals surface area contributed by atoms with E-state index in [2.05, 4.69) is 114 Å². The molecule has 7 nitrogen and oxygen atoms in total. The van der Waals surface area contributed by atoms with Gasteiger partial charge in [0.25, 0.3) is 0 Å². The number of ether oxygens (including phenoxy) is 4. The molecule has 4 aliphatic rings. The molecule has 7 heteroatoms. The molecule has 0 heterocycles. The summed E-state index contributed by atoms with van der Waals surface area (Å²) in [6, 6.07) is 0.291. The number of hydrogen-bond acceptors (Lipinski definition) is 7. The number of hydrogen-bond donors (Lipinski definition) is 1. The predicted octanol–water partition coefficient (Wildman–Crippen LogP) is 11.9. The van der Waals surface area contributed by atoms with Gasteiger partial charge in [-0.3, -0.25) is 4.99 Å². The first-order valence-corrected chi connectivity index (χ1v) is 23.0. The Hall–Kier alpha value is -1.08. The fourth-order valence-corrected chi connectivity index (χ4v) is 12.5. The zero-order chi connectivity index (χ0) is 41.7. The zero-order valence-corrected chi connectivity index (χ0v) is 38.8. The van der Waals surface area contributed by atoms with Crippen molar-refractivity contribution in [3.05, 3.63) is 6.58 Å². The van der Waals surface area contributed by atoms with Crippen LogP contribution in [0.1, 0.15) is 199 Å². The summed E-state index contributed by atoms with van der Waals surface area (Å²) in [5, 5.41) is 0. The number of nitrogens with two attached hydrogens (primary N) is 1. The summed E-state index contributed by atoms with van der Waals surface area (Å²) in [4.78, 5) is 9.24. The van der Waals surface area contributed by atoms with E-state index < -0.39 is 0 Å². The van der Waals surface area contributed by atoms with Crippen molar-refractivity contribution in [1.82, 2.24) is 0 Å². The first kappa shape index (κ1) is 47.6. The largest absolute Gasteiger partial charge is 0.372 e. The van der Waals surface area contributed by atoms with Crippen LogP contribution in [0.25, 0.3) is 0 Å². The molecule has 0 aromatic rings. The van der Waals surface area contributed by atoms with Gasteiger partial charge in [0.2, 0.25) is 0 Å². The highest BCUT2D eigenvalue weighted by Crippen LogP contribution is 2.52. The van der Waals surface area contributed by atoms with Crippen molar-refractivity contribution < 1.29 is 18.9 Å². The minimum Gasteiger partial charge on any atom is -0.372 e. The molecule has 4 saturated carbocycles. The van der Waals surface area contributed by atoms with E-state index in [0.717, 1.165) is 70.6 Å². The lowest BCUT2D eigenvalue weighted by molar-refractivity contribution is -0.165. The molecule has 4 rings (SSSR count). The molecule has 0 aromatic carbocycles. The van der Waals surface area contributed by atoms with Crippen LogP contribution in [-0.4, -0.2) is 77.5 Å². The average Bonchev–Trinajstić information content (AvgIpc) is 3.05. The smallest absolute Gasteiger partial charge is 0.0858 e. The quantitative estimate of drug-likeness (QED) is 0.140. The van der Waals surface area contributed by atoms with E-state index in [1.807, 2.05) is 0 Å². The van der Waals surface area contributed by atoms with Crippen molar-refractivity contribution in [3.63, 3.8) is 0 Å². The first-order chi connectivity index (χ1) is 25.9. The zero-order valence-electron chi connectivity index (χ0n) is 38.8. The SMILES string of the molecule is C=C=NC1CC(C(C)(C)CC(C)(C)C2CCC(OC(C)(C)CC(C)(C)OC3CCCCC3N=C)C(N)C2)CCC1OC(C)(C)CC(C)(C)OC1CCCCC1C. The highest BCUT2D eigenvalue weighted by atomic mass is 16.5. The Morgan fingerprint density at radius 2 is 0.964 bits per heavy atom. The highest BCUT2D eigenvalue weighted by Gasteiger charge is 2.47. The molecule has 0 bridgehead atoms. The third-order valence-corrected chi connectivity index (χ3v) is 14.5. The second-order valence-corrected chi connectivity index (χ2v) is 23.0. The minimum atomic E-state index is -0.345. The van der Waals surface area contributed by atoms with E-state index in [0.29, 0.717) is 23.9 Å². The van der Waals surface area contributed by atoms with Crippen LogP contribution in [0.5, 0.6) is 0 Å².